The topological polar surface area (TPSA) is 22.1 Å². The molecule has 0 bridgehead atoms. The van der Waals surface area contributed by atoms with E-state index in [4.69, 9.17) is 16.3 Å². The number of alkyl halides is 1. The van der Waals surface area contributed by atoms with Gasteiger partial charge in [0, 0.05) is 10.9 Å². The lowest BCUT2D eigenvalue weighted by Crippen LogP contribution is -1.90. The molecule has 0 spiro atoms. The summed E-state index contributed by atoms with van der Waals surface area (Å²) in [6.45, 7) is 2.66. The molecule has 4 heteroatoms. The lowest BCUT2D eigenvalue weighted by Gasteiger charge is -2.02. The van der Waals surface area contributed by atoms with Gasteiger partial charge in [-0.3, -0.25) is 0 Å². The van der Waals surface area contributed by atoms with Gasteiger partial charge in [-0.15, -0.1) is 22.9 Å². The number of halogens is 1. The van der Waals surface area contributed by atoms with Crippen LogP contribution in [0.4, 0.5) is 0 Å². The van der Waals surface area contributed by atoms with E-state index in [1.807, 2.05) is 36.6 Å². The van der Waals surface area contributed by atoms with Crippen molar-refractivity contribution in [1.29, 1.82) is 0 Å². The van der Waals surface area contributed by atoms with Crippen LogP contribution in [0, 0.1) is 0 Å². The maximum Gasteiger partial charge on any atom is 0.119 e. The Morgan fingerprint density at radius 3 is 2.62 bits per heavy atom. The van der Waals surface area contributed by atoms with Crippen LogP contribution in [-0.4, -0.2) is 11.6 Å². The zero-order valence-electron chi connectivity index (χ0n) is 8.94. The molecule has 0 aliphatic carbocycles. The Labute approximate surface area is 104 Å². The van der Waals surface area contributed by atoms with Gasteiger partial charge in [-0.2, -0.15) is 0 Å². The number of ether oxygens (including phenoxy) is 1. The molecule has 0 fully saturated rings. The van der Waals surface area contributed by atoms with Crippen LogP contribution < -0.4 is 4.74 Å². The quantitative estimate of drug-likeness (QED) is 0.770. The SMILES string of the molecule is CCOc1ccc(-c2csc(CCl)n2)cc1. The van der Waals surface area contributed by atoms with E-state index in [0.29, 0.717) is 12.5 Å². The number of benzene rings is 1. The van der Waals surface area contributed by atoms with Gasteiger partial charge >= 0.3 is 0 Å². The predicted octanol–water partition coefficient (Wildman–Crippen LogP) is 3.95. The highest BCUT2D eigenvalue weighted by Gasteiger charge is 2.03. The largest absolute Gasteiger partial charge is 0.494 e. The van der Waals surface area contributed by atoms with Crippen LogP contribution in [0.5, 0.6) is 5.75 Å². The summed E-state index contributed by atoms with van der Waals surface area (Å²) in [6.07, 6.45) is 0. The number of rotatable bonds is 4. The van der Waals surface area contributed by atoms with Gasteiger partial charge in [-0.05, 0) is 31.2 Å². The summed E-state index contributed by atoms with van der Waals surface area (Å²) in [5.41, 5.74) is 2.07. The zero-order chi connectivity index (χ0) is 11.4. The third kappa shape index (κ3) is 2.54. The van der Waals surface area contributed by atoms with Gasteiger partial charge in [0.25, 0.3) is 0 Å². The van der Waals surface area contributed by atoms with Crippen LogP contribution in [0.2, 0.25) is 0 Å². The van der Waals surface area contributed by atoms with Crippen LogP contribution in [0.15, 0.2) is 29.6 Å². The average Bonchev–Trinajstić information content (AvgIpc) is 2.79. The van der Waals surface area contributed by atoms with Crippen molar-refractivity contribution in [2.75, 3.05) is 6.61 Å². The molecular weight excluding hydrogens is 242 g/mol. The molecule has 0 saturated carbocycles. The molecule has 0 aliphatic heterocycles. The van der Waals surface area contributed by atoms with Crippen molar-refractivity contribution in [1.82, 2.24) is 4.98 Å². The first-order valence-corrected chi connectivity index (χ1v) is 6.48. The number of aromatic nitrogens is 1. The number of thiazole rings is 1. The molecule has 0 atom stereocenters. The molecule has 16 heavy (non-hydrogen) atoms. The maximum atomic E-state index is 5.72. The van der Waals surface area contributed by atoms with Crippen molar-refractivity contribution in [3.05, 3.63) is 34.7 Å². The van der Waals surface area contributed by atoms with E-state index in [1.165, 1.54) is 0 Å². The summed E-state index contributed by atoms with van der Waals surface area (Å²) in [5.74, 6) is 1.36. The van der Waals surface area contributed by atoms with Gasteiger partial charge in [0.2, 0.25) is 0 Å². The van der Waals surface area contributed by atoms with Crippen molar-refractivity contribution in [2.45, 2.75) is 12.8 Å². The van der Waals surface area contributed by atoms with Crippen molar-refractivity contribution in [2.24, 2.45) is 0 Å². The molecule has 2 nitrogen and oxygen atoms in total. The Morgan fingerprint density at radius 1 is 1.31 bits per heavy atom. The number of hydrogen-bond acceptors (Lipinski definition) is 3. The van der Waals surface area contributed by atoms with Crippen LogP contribution in [0.1, 0.15) is 11.9 Å². The first-order valence-electron chi connectivity index (χ1n) is 5.07. The molecule has 0 radical (unpaired) electrons. The molecule has 1 heterocycles. The number of nitrogens with zero attached hydrogens (tertiary/aromatic N) is 1. The van der Waals surface area contributed by atoms with E-state index in [2.05, 4.69) is 4.98 Å². The summed E-state index contributed by atoms with van der Waals surface area (Å²) in [5, 5.41) is 2.97. The average molecular weight is 254 g/mol. The highest BCUT2D eigenvalue weighted by Crippen LogP contribution is 2.24. The molecule has 1 aromatic heterocycles. The van der Waals surface area contributed by atoms with Crippen molar-refractivity contribution < 1.29 is 4.74 Å². The monoisotopic (exact) mass is 253 g/mol. The van der Waals surface area contributed by atoms with Crippen LogP contribution in [0.25, 0.3) is 11.3 Å². The second-order valence-corrected chi connectivity index (χ2v) is 4.43. The van der Waals surface area contributed by atoms with E-state index >= 15 is 0 Å². The number of hydrogen-bond donors (Lipinski definition) is 0. The normalized spacial score (nSPS) is 10.4. The minimum absolute atomic E-state index is 0.474. The first-order chi connectivity index (χ1) is 7.83. The minimum atomic E-state index is 0.474. The fraction of sp³-hybridized carbons (Fsp3) is 0.250. The molecule has 2 rings (SSSR count). The maximum absolute atomic E-state index is 5.72. The highest BCUT2D eigenvalue weighted by molar-refractivity contribution is 7.10. The van der Waals surface area contributed by atoms with Gasteiger partial charge < -0.3 is 4.74 Å². The van der Waals surface area contributed by atoms with Gasteiger partial charge in [-0.1, -0.05) is 0 Å². The van der Waals surface area contributed by atoms with Gasteiger partial charge in [0.15, 0.2) is 0 Å². The minimum Gasteiger partial charge on any atom is -0.494 e. The summed E-state index contributed by atoms with van der Waals surface area (Å²) < 4.78 is 5.38. The molecule has 0 saturated heterocycles. The summed E-state index contributed by atoms with van der Waals surface area (Å²) in [6, 6.07) is 7.94. The van der Waals surface area contributed by atoms with E-state index in [0.717, 1.165) is 22.0 Å². The zero-order valence-corrected chi connectivity index (χ0v) is 10.5. The third-order valence-corrected chi connectivity index (χ3v) is 3.39. The third-order valence-electron chi connectivity index (χ3n) is 2.13. The Balaban J connectivity index is 2.20. The van der Waals surface area contributed by atoms with Gasteiger partial charge in [0.1, 0.15) is 10.8 Å². The molecule has 84 valence electrons. The van der Waals surface area contributed by atoms with E-state index < -0.39 is 0 Å². The fourth-order valence-electron chi connectivity index (χ4n) is 1.39. The first kappa shape index (κ1) is 11.4. The van der Waals surface area contributed by atoms with Crippen LogP contribution in [0.3, 0.4) is 0 Å². The van der Waals surface area contributed by atoms with Gasteiger partial charge in [0.05, 0.1) is 18.2 Å². The van der Waals surface area contributed by atoms with Crippen LogP contribution >= 0.6 is 22.9 Å². The molecule has 2 aromatic rings. The van der Waals surface area contributed by atoms with E-state index in [1.54, 1.807) is 11.3 Å². The molecule has 0 N–H and O–H groups in total. The Kier molecular flexibility index (Phi) is 3.80. The second kappa shape index (κ2) is 5.32. The lowest BCUT2D eigenvalue weighted by atomic mass is 10.2. The molecule has 0 unspecified atom stereocenters. The highest BCUT2D eigenvalue weighted by atomic mass is 35.5. The Hall–Kier alpha value is -1.06. The summed E-state index contributed by atoms with van der Waals surface area (Å²) >= 11 is 7.31. The van der Waals surface area contributed by atoms with E-state index in [-0.39, 0.29) is 0 Å². The predicted molar refractivity (Wildman–Crippen MR) is 68.3 cm³/mol. The lowest BCUT2D eigenvalue weighted by molar-refractivity contribution is 0.340. The van der Waals surface area contributed by atoms with Crippen molar-refractivity contribution >= 4 is 22.9 Å². The standard InChI is InChI=1S/C12H12ClNOS/c1-2-15-10-5-3-9(4-6-10)11-8-16-12(7-13)14-11/h3-6,8H,2,7H2,1H3. The Bertz CT molecular complexity index is 452. The molecule has 0 amide bonds. The van der Waals surface area contributed by atoms with Crippen LogP contribution in [-0.2, 0) is 5.88 Å². The van der Waals surface area contributed by atoms with Gasteiger partial charge in [-0.25, -0.2) is 4.98 Å². The Morgan fingerprint density at radius 2 is 2.06 bits per heavy atom. The fourth-order valence-corrected chi connectivity index (χ4v) is 2.29. The summed E-state index contributed by atoms with van der Waals surface area (Å²) in [4.78, 5) is 4.42. The van der Waals surface area contributed by atoms with Crippen molar-refractivity contribution in [3.63, 3.8) is 0 Å². The molecule has 0 aliphatic rings. The van der Waals surface area contributed by atoms with E-state index in [9.17, 15) is 0 Å². The second-order valence-electron chi connectivity index (χ2n) is 3.22. The smallest absolute Gasteiger partial charge is 0.119 e. The summed E-state index contributed by atoms with van der Waals surface area (Å²) in [7, 11) is 0. The van der Waals surface area contributed by atoms with Crippen molar-refractivity contribution in [3.8, 4) is 17.0 Å². The molecule has 1 aromatic carbocycles. The molecular formula is C12H12ClNOS.